The summed E-state index contributed by atoms with van der Waals surface area (Å²) in [6.07, 6.45) is 0.841. The average Bonchev–Trinajstić information content (AvgIpc) is 2.86. The van der Waals surface area contributed by atoms with Gasteiger partial charge in [-0.15, -0.1) is 11.3 Å². The van der Waals surface area contributed by atoms with Crippen LogP contribution in [0.5, 0.6) is 0 Å². The molecule has 19 heavy (non-hydrogen) atoms. The molecule has 2 N–H and O–H groups in total. The van der Waals surface area contributed by atoms with Crippen LogP contribution in [0.25, 0.3) is 0 Å². The Hall–Kier alpha value is -0.680. The smallest absolute Gasteiger partial charge is 0.0588 e. The fourth-order valence-electron chi connectivity index (χ4n) is 2.07. The molecule has 2 aromatic rings. The van der Waals surface area contributed by atoms with Gasteiger partial charge in [0.15, 0.2) is 0 Å². The second kappa shape index (κ2) is 7.20. The number of halogens is 1. The lowest BCUT2D eigenvalue weighted by atomic mass is 10.1. The third-order valence-corrected chi connectivity index (χ3v) is 4.92. The molecule has 0 spiro atoms. The van der Waals surface area contributed by atoms with Crippen LogP contribution in [-0.2, 0) is 6.42 Å². The fraction of sp³-hybridized carbons (Fsp3) is 0.333. The Morgan fingerprint density at radius 3 is 2.63 bits per heavy atom. The predicted molar refractivity (Wildman–Crippen MR) is 84.6 cm³/mol. The van der Waals surface area contributed by atoms with Crippen LogP contribution in [0, 0.1) is 0 Å². The summed E-state index contributed by atoms with van der Waals surface area (Å²) in [6.45, 7) is 2.28. The van der Waals surface area contributed by atoms with E-state index in [4.69, 9.17) is 0 Å². The summed E-state index contributed by atoms with van der Waals surface area (Å²) in [5.74, 6) is 0. The van der Waals surface area contributed by atoms with E-state index in [0.717, 1.165) is 10.9 Å². The summed E-state index contributed by atoms with van der Waals surface area (Å²) in [5.41, 5.74) is 1.24. The molecule has 0 saturated heterocycles. The van der Waals surface area contributed by atoms with Gasteiger partial charge in [0.25, 0.3) is 0 Å². The first-order chi connectivity index (χ1) is 9.19. The molecule has 2 nitrogen and oxygen atoms in total. The lowest BCUT2D eigenvalue weighted by molar-refractivity contribution is 0.233. The first-order valence-corrected chi connectivity index (χ1v) is 8.01. The summed E-state index contributed by atoms with van der Waals surface area (Å²) >= 11 is 5.20. The predicted octanol–water partition coefficient (Wildman–Crippen LogP) is 3.76. The van der Waals surface area contributed by atoms with Crippen molar-refractivity contribution in [1.29, 1.82) is 0 Å². The first kappa shape index (κ1) is 14.7. The number of thiophene rings is 1. The Kier molecular flexibility index (Phi) is 5.58. The van der Waals surface area contributed by atoms with Crippen molar-refractivity contribution in [2.75, 3.05) is 6.61 Å². The first-order valence-electron chi connectivity index (χ1n) is 6.34. The van der Waals surface area contributed by atoms with E-state index < -0.39 is 0 Å². The number of rotatable bonds is 6. The van der Waals surface area contributed by atoms with E-state index in [-0.39, 0.29) is 18.7 Å². The monoisotopic (exact) mass is 339 g/mol. The summed E-state index contributed by atoms with van der Waals surface area (Å²) in [4.78, 5) is 1.28. The Morgan fingerprint density at radius 2 is 2.05 bits per heavy atom. The number of nitrogens with one attached hydrogen (secondary N) is 1. The second-order valence-electron chi connectivity index (χ2n) is 4.62. The van der Waals surface area contributed by atoms with Crippen LogP contribution in [0.3, 0.4) is 0 Å². The Labute approximate surface area is 126 Å². The van der Waals surface area contributed by atoms with E-state index in [1.807, 2.05) is 18.2 Å². The highest BCUT2D eigenvalue weighted by Gasteiger charge is 2.14. The van der Waals surface area contributed by atoms with Crippen LogP contribution in [0.2, 0.25) is 0 Å². The molecule has 1 aromatic heterocycles. The van der Waals surface area contributed by atoms with Crippen LogP contribution in [0.4, 0.5) is 0 Å². The SMILES string of the molecule is CC(NC(CO)Cc1ccccc1)c1cc(Br)cs1. The molecular weight excluding hydrogens is 322 g/mol. The summed E-state index contributed by atoms with van der Waals surface area (Å²) in [6, 6.07) is 12.7. The van der Waals surface area contributed by atoms with Crippen molar-refractivity contribution in [3.8, 4) is 0 Å². The van der Waals surface area contributed by atoms with Gasteiger partial charge in [-0.2, -0.15) is 0 Å². The highest BCUT2D eigenvalue weighted by Crippen LogP contribution is 2.25. The molecule has 0 radical (unpaired) electrons. The quantitative estimate of drug-likeness (QED) is 0.839. The summed E-state index contributed by atoms with van der Waals surface area (Å²) in [5, 5.41) is 15.1. The number of aliphatic hydroxyl groups excluding tert-OH is 1. The maximum Gasteiger partial charge on any atom is 0.0588 e. The van der Waals surface area contributed by atoms with Gasteiger partial charge in [0.1, 0.15) is 0 Å². The molecular formula is C15H18BrNOS. The highest BCUT2D eigenvalue weighted by molar-refractivity contribution is 9.10. The molecule has 0 aliphatic carbocycles. The molecule has 102 valence electrons. The van der Waals surface area contributed by atoms with Gasteiger partial charge in [-0.3, -0.25) is 0 Å². The number of benzene rings is 1. The maximum atomic E-state index is 9.52. The standard InChI is InChI=1S/C15H18BrNOS/c1-11(15-8-13(16)10-19-15)17-14(9-18)7-12-5-3-2-4-6-12/h2-6,8,10-11,14,17-18H,7,9H2,1H3. The van der Waals surface area contributed by atoms with E-state index in [0.29, 0.717) is 0 Å². The van der Waals surface area contributed by atoms with Gasteiger partial charge in [0.2, 0.25) is 0 Å². The molecule has 0 fully saturated rings. The normalized spacial score (nSPS) is 14.3. The Morgan fingerprint density at radius 1 is 1.32 bits per heavy atom. The van der Waals surface area contributed by atoms with Gasteiger partial charge in [-0.1, -0.05) is 30.3 Å². The minimum absolute atomic E-state index is 0.0817. The summed E-state index contributed by atoms with van der Waals surface area (Å²) < 4.78 is 1.12. The molecule has 1 aromatic carbocycles. The zero-order valence-corrected chi connectivity index (χ0v) is 13.2. The molecule has 2 atom stereocenters. The van der Waals surface area contributed by atoms with Crippen molar-refractivity contribution in [1.82, 2.24) is 5.32 Å². The molecule has 2 rings (SSSR count). The largest absolute Gasteiger partial charge is 0.395 e. The van der Waals surface area contributed by atoms with Gasteiger partial charge >= 0.3 is 0 Å². The second-order valence-corrected chi connectivity index (χ2v) is 6.48. The van der Waals surface area contributed by atoms with Gasteiger partial charge < -0.3 is 10.4 Å². The lowest BCUT2D eigenvalue weighted by Gasteiger charge is -2.21. The van der Waals surface area contributed by atoms with Crippen molar-refractivity contribution in [2.24, 2.45) is 0 Å². The zero-order chi connectivity index (χ0) is 13.7. The molecule has 0 saturated carbocycles. The third-order valence-electron chi connectivity index (χ3n) is 3.05. The van der Waals surface area contributed by atoms with Crippen LogP contribution < -0.4 is 5.32 Å². The minimum Gasteiger partial charge on any atom is -0.395 e. The Bertz CT molecular complexity index is 500. The molecule has 2 unspecified atom stereocenters. The van der Waals surface area contributed by atoms with Crippen molar-refractivity contribution in [3.05, 3.63) is 56.7 Å². The van der Waals surface area contributed by atoms with E-state index >= 15 is 0 Å². The van der Waals surface area contributed by atoms with Crippen LogP contribution in [0.1, 0.15) is 23.4 Å². The molecule has 4 heteroatoms. The molecule has 0 aliphatic heterocycles. The van der Waals surface area contributed by atoms with Crippen molar-refractivity contribution < 1.29 is 5.11 Å². The minimum atomic E-state index is 0.0817. The van der Waals surface area contributed by atoms with E-state index in [1.165, 1.54) is 10.4 Å². The molecule has 1 heterocycles. The summed E-state index contributed by atoms with van der Waals surface area (Å²) in [7, 11) is 0. The topological polar surface area (TPSA) is 32.3 Å². The van der Waals surface area contributed by atoms with Crippen molar-refractivity contribution in [2.45, 2.75) is 25.4 Å². The van der Waals surface area contributed by atoms with Gasteiger partial charge in [0.05, 0.1) is 6.61 Å². The van der Waals surface area contributed by atoms with E-state index in [1.54, 1.807) is 11.3 Å². The van der Waals surface area contributed by atoms with E-state index in [9.17, 15) is 5.11 Å². The fourth-order valence-corrected chi connectivity index (χ4v) is 3.53. The number of hydrogen-bond acceptors (Lipinski definition) is 3. The number of aliphatic hydroxyl groups is 1. The molecule has 0 amide bonds. The van der Waals surface area contributed by atoms with Crippen molar-refractivity contribution >= 4 is 27.3 Å². The van der Waals surface area contributed by atoms with E-state index in [2.05, 4.69) is 51.7 Å². The average molecular weight is 340 g/mol. The zero-order valence-electron chi connectivity index (χ0n) is 10.8. The third kappa shape index (κ3) is 4.42. The van der Waals surface area contributed by atoms with Gasteiger partial charge in [0, 0.05) is 26.8 Å². The van der Waals surface area contributed by atoms with Crippen LogP contribution in [-0.4, -0.2) is 17.8 Å². The van der Waals surface area contributed by atoms with Crippen LogP contribution in [0.15, 0.2) is 46.3 Å². The number of hydrogen-bond donors (Lipinski definition) is 2. The van der Waals surface area contributed by atoms with Crippen LogP contribution >= 0.6 is 27.3 Å². The Balaban J connectivity index is 1.95. The van der Waals surface area contributed by atoms with Crippen molar-refractivity contribution in [3.63, 3.8) is 0 Å². The molecule has 0 aliphatic rings. The maximum absolute atomic E-state index is 9.52. The molecule has 0 bridgehead atoms. The lowest BCUT2D eigenvalue weighted by Crippen LogP contribution is -2.36. The highest BCUT2D eigenvalue weighted by atomic mass is 79.9. The van der Waals surface area contributed by atoms with Gasteiger partial charge in [-0.05, 0) is 40.9 Å². The van der Waals surface area contributed by atoms with Gasteiger partial charge in [-0.25, -0.2) is 0 Å².